The third-order valence-corrected chi connectivity index (χ3v) is 3.87. The maximum Gasteiger partial charge on any atom is 0.417 e. The molecular formula is C14H10ClF3OS. The first kappa shape index (κ1) is 15.1. The van der Waals surface area contributed by atoms with Crippen molar-refractivity contribution in [3.05, 3.63) is 53.1 Å². The van der Waals surface area contributed by atoms with Crippen LogP contribution in [0.15, 0.2) is 52.3 Å². The summed E-state index contributed by atoms with van der Waals surface area (Å²) in [5.41, 5.74) is -0.822. The zero-order valence-electron chi connectivity index (χ0n) is 10.4. The first-order valence-corrected chi connectivity index (χ1v) is 6.78. The molecule has 0 aromatic heterocycles. The van der Waals surface area contributed by atoms with Crippen LogP contribution in [0.2, 0.25) is 5.02 Å². The van der Waals surface area contributed by atoms with Crippen molar-refractivity contribution in [2.24, 2.45) is 0 Å². The predicted molar refractivity (Wildman–Crippen MR) is 73.6 cm³/mol. The highest BCUT2D eigenvalue weighted by atomic mass is 35.5. The van der Waals surface area contributed by atoms with Gasteiger partial charge in [0.05, 0.1) is 17.7 Å². The molecule has 2 rings (SSSR count). The summed E-state index contributed by atoms with van der Waals surface area (Å²) in [4.78, 5) is 1.30. The number of ether oxygens (including phenoxy) is 1. The number of rotatable bonds is 3. The minimum Gasteiger partial charge on any atom is -0.497 e. The fourth-order valence-electron chi connectivity index (χ4n) is 1.56. The highest BCUT2D eigenvalue weighted by Crippen LogP contribution is 2.38. The van der Waals surface area contributed by atoms with Gasteiger partial charge >= 0.3 is 6.18 Å². The molecule has 0 bridgehead atoms. The van der Waals surface area contributed by atoms with E-state index in [1.54, 1.807) is 37.4 Å². The number of methoxy groups -OCH3 is 1. The van der Waals surface area contributed by atoms with E-state index >= 15 is 0 Å². The van der Waals surface area contributed by atoms with Crippen LogP contribution in [0.3, 0.4) is 0 Å². The zero-order valence-corrected chi connectivity index (χ0v) is 11.9. The van der Waals surface area contributed by atoms with E-state index in [0.29, 0.717) is 10.6 Å². The maximum absolute atomic E-state index is 12.8. The minimum absolute atomic E-state index is 0.295. The lowest BCUT2D eigenvalue weighted by atomic mass is 10.2. The number of alkyl halides is 3. The second kappa shape index (κ2) is 5.97. The topological polar surface area (TPSA) is 9.23 Å². The maximum atomic E-state index is 12.8. The Morgan fingerprint density at radius 1 is 1.00 bits per heavy atom. The molecule has 0 atom stereocenters. The van der Waals surface area contributed by atoms with Crippen LogP contribution in [0.5, 0.6) is 5.75 Å². The normalized spacial score (nSPS) is 11.4. The monoisotopic (exact) mass is 318 g/mol. The molecule has 0 heterocycles. The molecule has 0 fully saturated rings. The Kier molecular flexibility index (Phi) is 4.50. The molecule has 0 saturated heterocycles. The first-order chi connectivity index (χ1) is 9.40. The lowest BCUT2D eigenvalue weighted by Gasteiger charge is -2.10. The van der Waals surface area contributed by atoms with Crippen molar-refractivity contribution in [2.75, 3.05) is 7.11 Å². The van der Waals surface area contributed by atoms with Crippen molar-refractivity contribution in [1.82, 2.24) is 0 Å². The summed E-state index contributed by atoms with van der Waals surface area (Å²) in [5.74, 6) is 0.696. The van der Waals surface area contributed by atoms with Crippen molar-refractivity contribution < 1.29 is 17.9 Å². The van der Waals surface area contributed by atoms with E-state index in [4.69, 9.17) is 16.3 Å². The van der Waals surface area contributed by atoms with Crippen molar-refractivity contribution in [3.8, 4) is 5.75 Å². The van der Waals surface area contributed by atoms with Crippen LogP contribution in [0.25, 0.3) is 0 Å². The van der Waals surface area contributed by atoms with Crippen LogP contribution >= 0.6 is 23.4 Å². The molecule has 0 radical (unpaired) electrons. The van der Waals surface area contributed by atoms with Gasteiger partial charge in [-0.15, -0.1) is 0 Å². The van der Waals surface area contributed by atoms with Crippen LogP contribution in [0.4, 0.5) is 13.2 Å². The van der Waals surface area contributed by atoms with Crippen molar-refractivity contribution in [1.29, 1.82) is 0 Å². The third kappa shape index (κ3) is 3.61. The lowest BCUT2D eigenvalue weighted by molar-refractivity contribution is -0.137. The lowest BCUT2D eigenvalue weighted by Crippen LogP contribution is -2.05. The second-order valence-corrected chi connectivity index (χ2v) is 5.47. The molecular weight excluding hydrogens is 309 g/mol. The summed E-state index contributed by atoms with van der Waals surface area (Å²) in [6.45, 7) is 0. The van der Waals surface area contributed by atoms with Gasteiger partial charge < -0.3 is 4.74 Å². The van der Waals surface area contributed by atoms with Crippen molar-refractivity contribution in [2.45, 2.75) is 16.0 Å². The van der Waals surface area contributed by atoms with Gasteiger partial charge in [0.25, 0.3) is 0 Å². The van der Waals surface area contributed by atoms with Crippen molar-refractivity contribution in [3.63, 3.8) is 0 Å². The van der Waals surface area contributed by atoms with Gasteiger partial charge in [-0.2, -0.15) is 13.2 Å². The summed E-state index contributed by atoms with van der Waals surface area (Å²) in [6, 6.07) is 10.9. The Hall–Kier alpha value is -1.33. The van der Waals surface area contributed by atoms with Gasteiger partial charge in [0.15, 0.2) is 0 Å². The fourth-order valence-corrected chi connectivity index (χ4v) is 2.65. The molecule has 6 heteroatoms. The largest absolute Gasteiger partial charge is 0.497 e. The molecule has 106 valence electrons. The van der Waals surface area contributed by atoms with E-state index in [0.717, 1.165) is 11.0 Å². The van der Waals surface area contributed by atoms with Gasteiger partial charge in [-0.1, -0.05) is 23.4 Å². The summed E-state index contributed by atoms with van der Waals surface area (Å²) in [7, 11) is 1.55. The quantitative estimate of drug-likeness (QED) is 0.737. The highest BCUT2D eigenvalue weighted by molar-refractivity contribution is 7.99. The predicted octanol–water partition coefficient (Wildman–Crippen LogP) is 5.52. The average Bonchev–Trinajstić information content (AvgIpc) is 2.40. The smallest absolute Gasteiger partial charge is 0.417 e. The summed E-state index contributed by atoms with van der Waals surface area (Å²) >= 11 is 6.81. The molecule has 1 nitrogen and oxygen atoms in total. The number of benzene rings is 2. The van der Waals surface area contributed by atoms with E-state index in [2.05, 4.69) is 0 Å². The molecule has 20 heavy (non-hydrogen) atoms. The van der Waals surface area contributed by atoms with E-state index in [9.17, 15) is 13.2 Å². The van der Waals surface area contributed by atoms with Crippen LogP contribution in [0, 0.1) is 0 Å². The van der Waals surface area contributed by atoms with E-state index < -0.39 is 11.7 Å². The van der Waals surface area contributed by atoms with Gasteiger partial charge in [-0.3, -0.25) is 0 Å². The van der Waals surface area contributed by atoms with E-state index in [-0.39, 0.29) is 5.02 Å². The van der Waals surface area contributed by atoms with Gasteiger partial charge in [0.2, 0.25) is 0 Å². The molecule has 0 unspecified atom stereocenters. The SMILES string of the molecule is COc1ccc(Sc2ccc(Cl)c(C(F)(F)F)c2)cc1. The standard InChI is InChI=1S/C14H10ClF3OS/c1-19-9-2-4-10(5-3-9)20-11-6-7-13(15)12(8-11)14(16,17)18/h2-8H,1H3. The van der Waals surface area contributed by atoms with Crippen LogP contribution in [-0.2, 0) is 6.18 Å². The highest BCUT2D eigenvalue weighted by Gasteiger charge is 2.33. The molecule has 2 aromatic carbocycles. The summed E-state index contributed by atoms with van der Waals surface area (Å²) in [5, 5.41) is -0.295. The molecule has 0 spiro atoms. The fraction of sp³-hybridized carbons (Fsp3) is 0.143. The van der Waals surface area contributed by atoms with Gasteiger partial charge in [0, 0.05) is 9.79 Å². The van der Waals surface area contributed by atoms with Crippen LogP contribution in [-0.4, -0.2) is 7.11 Å². The van der Waals surface area contributed by atoms with Gasteiger partial charge in [-0.25, -0.2) is 0 Å². The molecule has 0 aliphatic carbocycles. The third-order valence-electron chi connectivity index (χ3n) is 2.54. The van der Waals surface area contributed by atoms with Crippen molar-refractivity contribution >= 4 is 23.4 Å². The van der Waals surface area contributed by atoms with E-state index in [1.807, 2.05) is 0 Å². The average molecular weight is 319 g/mol. The van der Waals surface area contributed by atoms with Gasteiger partial charge in [-0.05, 0) is 42.5 Å². The molecule has 0 N–H and O–H groups in total. The molecule has 0 aliphatic rings. The molecule has 0 saturated carbocycles. The Morgan fingerprint density at radius 2 is 1.60 bits per heavy atom. The van der Waals surface area contributed by atoms with Crippen LogP contribution in [0.1, 0.15) is 5.56 Å². The summed E-state index contributed by atoms with van der Waals surface area (Å²) < 4.78 is 43.3. The minimum atomic E-state index is -4.45. The number of hydrogen-bond donors (Lipinski definition) is 0. The zero-order chi connectivity index (χ0) is 14.8. The Balaban J connectivity index is 2.25. The van der Waals surface area contributed by atoms with Crippen LogP contribution < -0.4 is 4.74 Å². The molecule has 0 aliphatic heterocycles. The van der Waals surface area contributed by atoms with Gasteiger partial charge in [0.1, 0.15) is 5.75 Å². The Labute approximate surface area is 123 Å². The Bertz CT molecular complexity index is 596. The summed E-state index contributed by atoms with van der Waals surface area (Å²) in [6.07, 6.45) is -4.45. The second-order valence-electron chi connectivity index (χ2n) is 3.92. The number of halogens is 4. The molecule has 2 aromatic rings. The number of hydrogen-bond acceptors (Lipinski definition) is 2. The first-order valence-electron chi connectivity index (χ1n) is 5.59. The van der Waals surface area contributed by atoms with E-state index in [1.165, 1.54) is 17.8 Å². The Morgan fingerprint density at radius 3 is 2.15 bits per heavy atom. The molecule has 0 amide bonds.